The summed E-state index contributed by atoms with van der Waals surface area (Å²) < 4.78 is 0. The van der Waals surface area contributed by atoms with E-state index in [-0.39, 0.29) is 21.8 Å². The zero-order chi connectivity index (χ0) is 12.3. The normalized spacial score (nSPS) is 11.4. The number of rotatable bonds is 3. The van der Waals surface area contributed by atoms with E-state index in [2.05, 4.69) is 20.9 Å². The molecule has 2 rings (SSSR count). The van der Waals surface area contributed by atoms with Gasteiger partial charge in [-0.3, -0.25) is 4.98 Å². The van der Waals surface area contributed by atoms with E-state index in [1.165, 1.54) is 0 Å². The Kier molecular flexibility index (Phi) is 5.69. The van der Waals surface area contributed by atoms with Crippen molar-refractivity contribution in [3.63, 3.8) is 0 Å². The molecule has 1 atom stereocenters. The number of aromatic nitrogens is 1. The molecule has 4 heteroatoms. The molecule has 0 saturated carbocycles. The van der Waals surface area contributed by atoms with Gasteiger partial charge in [0, 0.05) is 11.8 Å². The molecule has 0 N–H and O–H groups in total. The number of benzene rings is 1. The molecule has 0 saturated heterocycles. The maximum Gasteiger partial charge on any atom is 0.138 e. The molecule has 2 aromatic rings. The van der Waals surface area contributed by atoms with Crippen LogP contribution in [-0.2, 0) is 4.79 Å². The lowest BCUT2D eigenvalue weighted by Crippen LogP contribution is -1.98. The van der Waals surface area contributed by atoms with Crippen LogP contribution in [0.15, 0.2) is 42.6 Å². The summed E-state index contributed by atoms with van der Waals surface area (Å²) in [5.41, 5.74) is 3.98. The number of aryl methyl sites for hydroxylation is 1. The number of aldehydes is 1. The third-order valence-corrected chi connectivity index (χ3v) is 3.36. The van der Waals surface area contributed by atoms with Crippen molar-refractivity contribution in [1.29, 1.82) is 0 Å². The Morgan fingerprint density at radius 2 is 1.94 bits per heavy atom. The lowest BCUT2D eigenvalue weighted by atomic mass is 10.00. The van der Waals surface area contributed by atoms with Crippen molar-refractivity contribution >= 4 is 39.2 Å². The Hall–Kier alpha value is -1.00. The molecular formula is C14H13Br2NO. The molecule has 1 aromatic heterocycles. The Morgan fingerprint density at radius 3 is 2.61 bits per heavy atom. The van der Waals surface area contributed by atoms with Gasteiger partial charge >= 0.3 is 0 Å². The van der Waals surface area contributed by atoms with Gasteiger partial charge < -0.3 is 4.79 Å². The summed E-state index contributed by atoms with van der Waals surface area (Å²) in [6.45, 7) is 2.04. The fourth-order valence-electron chi connectivity index (χ4n) is 1.78. The maximum absolute atomic E-state index is 10.9. The van der Waals surface area contributed by atoms with Crippen LogP contribution in [0.25, 0.3) is 11.3 Å². The Labute approximate surface area is 125 Å². The van der Waals surface area contributed by atoms with E-state index in [9.17, 15) is 4.79 Å². The van der Waals surface area contributed by atoms with Gasteiger partial charge in [0.15, 0.2) is 0 Å². The second-order valence-electron chi connectivity index (χ2n) is 3.79. The van der Waals surface area contributed by atoms with Gasteiger partial charge in [0.25, 0.3) is 0 Å². The highest BCUT2D eigenvalue weighted by atomic mass is 79.9. The summed E-state index contributed by atoms with van der Waals surface area (Å²) in [7, 11) is 0. The second-order valence-corrected chi connectivity index (χ2v) is 4.78. The maximum atomic E-state index is 10.9. The molecule has 0 aliphatic rings. The molecule has 0 radical (unpaired) electrons. The number of nitrogens with zero attached hydrogens (tertiary/aromatic N) is 1. The SMILES string of the molecule is Br.Cc1ccccc1-c1ncccc1C(Br)C=O. The lowest BCUT2D eigenvalue weighted by molar-refractivity contribution is -0.107. The highest BCUT2D eigenvalue weighted by molar-refractivity contribution is 9.09. The molecule has 1 aromatic carbocycles. The molecule has 0 spiro atoms. The van der Waals surface area contributed by atoms with E-state index >= 15 is 0 Å². The van der Waals surface area contributed by atoms with E-state index in [4.69, 9.17) is 0 Å². The van der Waals surface area contributed by atoms with Crippen LogP contribution in [0.4, 0.5) is 0 Å². The summed E-state index contributed by atoms with van der Waals surface area (Å²) >= 11 is 3.35. The first-order valence-corrected chi connectivity index (χ1v) is 6.26. The van der Waals surface area contributed by atoms with Crippen LogP contribution in [-0.4, -0.2) is 11.3 Å². The third-order valence-electron chi connectivity index (χ3n) is 2.66. The van der Waals surface area contributed by atoms with Gasteiger partial charge in [0.1, 0.15) is 6.29 Å². The van der Waals surface area contributed by atoms with Crippen LogP contribution in [0.2, 0.25) is 0 Å². The highest BCUT2D eigenvalue weighted by Gasteiger charge is 2.14. The number of carbonyl (C=O) groups excluding carboxylic acids is 1. The van der Waals surface area contributed by atoms with Crippen LogP contribution in [0.5, 0.6) is 0 Å². The van der Waals surface area contributed by atoms with Crippen molar-refractivity contribution in [2.45, 2.75) is 11.8 Å². The number of alkyl halides is 1. The van der Waals surface area contributed by atoms with Gasteiger partial charge in [-0.1, -0.05) is 46.3 Å². The standard InChI is InChI=1S/C14H12BrNO.BrH/c1-10-5-2-3-6-11(10)14-12(13(15)9-17)7-4-8-16-14;/h2-9,13H,1H3;1H. The predicted octanol–water partition coefficient (Wildman–Crippen LogP) is 4.27. The topological polar surface area (TPSA) is 30.0 Å². The summed E-state index contributed by atoms with van der Waals surface area (Å²) in [5.74, 6) is 0. The van der Waals surface area contributed by atoms with Gasteiger partial charge in [0.2, 0.25) is 0 Å². The number of hydrogen-bond acceptors (Lipinski definition) is 2. The van der Waals surface area contributed by atoms with E-state index in [1.807, 2.05) is 43.3 Å². The number of hydrogen-bond donors (Lipinski definition) is 0. The lowest BCUT2D eigenvalue weighted by Gasteiger charge is -2.11. The number of halogens is 2. The van der Waals surface area contributed by atoms with E-state index in [0.717, 1.165) is 28.7 Å². The van der Waals surface area contributed by atoms with Crippen LogP contribution in [0, 0.1) is 6.92 Å². The zero-order valence-corrected chi connectivity index (χ0v) is 13.1. The first-order chi connectivity index (χ1) is 8.24. The molecule has 0 bridgehead atoms. The van der Waals surface area contributed by atoms with Crippen LogP contribution >= 0.6 is 32.9 Å². The molecule has 18 heavy (non-hydrogen) atoms. The van der Waals surface area contributed by atoms with Crippen molar-refractivity contribution in [3.8, 4) is 11.3 Å². The van der Waals surface area contributed by atoms with Crippen molar-refractivity contribution in [3.05, 3.63) is 53.7 Å². The molecular weight excluding hydrogens is 358 g/mol. The largest absolute Gasteiger partial charge is 0.302 e. The fraction of sp³-hybridized carbons (Fsp3) is 0.143. The van der Waals surface area contributed by atoms with Crippen LogP contribution in [0.1, 0.15) is 16.0 Å². The Balaban J connectivity index is 0.00000162. The molecule has 0 amide bonds. The first kappa shape index (κ1) is 15.1. The van der Waals surface area contributed by atoms with Crippen LogP contribution < -0.4 is 0 Å². The van der Waals surface area contributed by atoms with Gasteiger partial charge in [-0.05, 0) is 24.1 Å². The van der Waals surface area contributed by atoms with Crippen molar-refractivity contribution in [1.82, 2.24) is 4.98 Å². The van der Waals surface area contributed by atoms with E-state index < -0.39 is 0 Å². The predicted molar refractivity (Wildman–Crippen MR) is 82.5 cm³/mol. The minimum Gasteiger partial charge on any atom is -0.302 e. The summed E-state index contributed by atoms with van der Waals surface area (Å²) in [6.07, 6.45) is 2.62. The minimum atomic E-state index is -0.314. The fourth-order valence-corrected chi connectivity index (χ4v) is 2.15. The van der Waals surface area contributed by atoms with Crippen molar-refractivity contribution in [2.24, 2.45) is 0 Å². The zero-order valence-electron chi connectivity index (χ0n) is 9.84. The smallest absolute Gasteiger partial charge is 0.138 e. The molecule has 0 fully saturated rings. The van der Waals surface area contributed by atoms with Gasteiger partial charge in [0.05, 0.1) is 10.5 Å². The van der Waals surface area contributed by atoms with E-state index in [0.29, 0.717) is 0 Å². The average molecular weight is 371 g/mol. The summed E-state index contributed by atoms with van der Waals surface area (Å²) in [4.78, 5) is 15.0. The van der Waals surface area contributed by atoms with Gasteiger partial charge in [-0.2, -0.15) is 0 Å². The third kappa shape index (κ3) is 3.06. The quantitative estimate of drug-likeness (QED) is 0.596. The molecule has 94 valence electrons. The van der Waals surface area contributed by atoms with Crippen LogP contribution in [0.3, 0.4) is 0 Å². The van der Waals surface area contributed by atoms with Gasteiger partial charge in [-0.15, -0.1) is 17.0 Å². The summed E-state index contributed by atoms with van der Waals surface area (Å²) in [5, 5.41) is 0. The molecule has 1 unspecified atom stereocenters. The first-order valence-electron chi connectivity index (χ1n) is 5.34. The van der Waals surface area contributed by atoms with Crippen molar-refractivity contribution < 1.29 is 4.79 Å². The Bertz CT molecular complexity index is 543. The molecule has 1 heterocycles. The monoisotopic (exact) mass is 369 g/mol. The average Bonchev–Trinajstić information content (AvgIpc) is 2.38. The van der Waals surface area contributed by atoms with Crippen molar-refractivity contribution in [2.75, 3.05) is 0 Å². The van der Waals surface area contributed by atoms with Gasteiger partial charge in [-0.25, -0.2) is 0 Å². The number of carbonyl (C=O) groups is 1. The highest BCUT2D eigenvalue weighted by Crippen LogP contribution is 2.31. The second kappa shape index (κ2) is 6.81. The number of pyridine rings is 1. The Morgan fingerprint density at radius 1 is 1.22 bits per heavy atom. The molecule has 0 aliphatic carbocycles. The molecule has 2 nitrogen and oxygen atoms in total. The van der Waals surface area contributed by atoms with E-state index in [1.54, 1.807) is 6.20 Å². The minimum absolute atomic E-state index is 0. The summed E-state index contributed by atoms with van der Waals surface area (Å²) in [6, 6.07) is 11.8. The molecule has 0 aliphatic heterocycles.